The number of thiophene rings is 1. The van der Waals surface area contributed by atoms with E-state index in [4.69, 9.17) is 14.2 Å². The number of carbonyl (C=O) groups excluding carboxylic acids is 2. The van der Waals surface area contributed by atoms with Crippen LogP contribution in [0.5, 0.6) is 11.5 Å². The van der Waals surface area contributed by atoms with E-state index in [1.165, 1.54) is 29.4 Å². The quantitative estimate of drug-likeness (QED) is 0.381. The van der Waals surface area contributed by atoms with Gasteiger partial charge in [0.25, 0.3) is 5.91 Å². The number of nitrogens with zero attached hydrogens (tertiary/aromatic N) is 2. The van der Waals surface area contributed by atoms with E-state index in [2.05, 4.69) is 15.3 Å². The minimum Gasteiger partial charge on any atom is -0.455 e. The van der Waals surface area contributed by atoms with E-state index < -0.39 is 11.9 Å². The van der Waals surface area contributed by atoms with Crippen molar-refractivity contribution in [1.29, 1.82) is 0 Å². The number of thioether (sulfide) groups is 1. The first-order valence-corrected chi connectivity index (χ1v) is 9.72. The molecule has 2 aromatic heterocycles. The zero-order valence-corrected chi connectivity index (χ0v) is 15.5. The highest BCUT2D eigenvalue weighted by molar-refractivity contribution is 8.00. The molecule has 0 saturated heterocycles. The van der Waals surface area contributed by atoms with Gasteiger partial charge in [-0.05, 0) is 23.6 Å². The van der Waals surface area contributed by atoms with Crippen molar-refractivity contribution in [3.05, 3.63) is 36.0 Å². The molecule has 0 bridgehead atoms. The van der Waals surface area contributed by atoms with Gasteiger partial charge in [0.2, 0.25) is 6.79 Å². The molecule has 8 nitrogen and oxygen atoms in total. The number of rotatable bonds is 6. The fourth-order valence-electron chi connectivity index (χ4n) is 2.37. The average Bonchev–Trinajstić information content (AvgIpc) is 3.33. The molecule has 0 unspecified atom stereocenters. The van der Waals surface area contributed by atoms with Gasteiger partial charge < -0.3 is 19.5 Å². The molecule has 1 amide bonds. The Kier molecular flexibility index (Phi) is 5.07. The molecule has 1 N–H and O–H groups in total. The van der Waals surface area contributed by atoms with Gasteiger partial charge in [0, 0.05) is 17.1 Å². The van der Waals surface area contributed by atoms with Gasteiger partial charge in [0.05, 0.1) is 5.75 Å². The summed E-state index contributed by atoms with van der Waals surface area (Å²) in [6.07, 6.45) is 1.46. The van der Waals surface area contributed by atoms with E-state index in [9.17, 15) is 9.59 Å². The van der Waals surface area contributed by atoms with Crippen LogP contribution in [0.2, 0.25) is 0 Å². The van der Waals surface area contributed by atoms with E-state index >= 15 is 0 Å². The lowest BCUT2D eigenvalue weighted by atomic mass is 10.3. The van der Waals surface area contributed by atoms with Crippen molar-refractivity contribution in [1.82, 2.24) is 9.97 Å². The molecule has 0 radical (unpaired) electrons. The normalized spacial score (nSPS) is 12.1. The number of hydrogen-bond acceptors (Lipinski definition) is 9. The zero-order chi connectivity index (χ0) is 18.6. The van der Waals surface area contributed by atoms with Gasteiger partial charge in [-0.1, -0.05) is 11.8 Å². The lowest BCUT2D eigenvalue weighted by molar-refractivity contribution is -0.144. The summed E-state index contributed by atoms with van der Waals surface area (Å²) in [6.45, 7) is -0.211. The number of amides is 1. The van der Waals surface area contributed by atoms with Gasteiger partial charge >= 0.3 is 5.97 Å². The Bertz CT molecular complexity index is 1010. The summed E-state index contributed by atoms with van der Waals surface area (Å²) in [5, 5.41) is 6.18. The topological polar surface area (TPSA) is 99.6 Å². The van der Waals surface area contributed by atoms with Crippen LogP contribution in [0.25, 0.3) is 10.2 Å². The van der Waals surface area contributed by atoms with Crippen molar-refractivity contribution < 1.29 is 23.8 Å². The summed E-state index contributed by atoms with van der Waals surface area (Å²) < 4.78 is 15.5. The summed E-state index contributed by atoms with van der Waals surface area (Å²) in [5.41, 5.74) is 0.538. The second-order valence-corrected chi connectivity index (χ2v) is 7.24. The molecule has 10 heteroatoms. The summed E-state index contributed by atoms with van der Waals surface area (Å²) in [6, 6.07) is 6.95. The van der Waals surface area contributed by atoms with Gasteiger partial charge in [-0.2, -0.15) is 0 Å². The number of ether oxygens (including phenoxy) is 3. The first kappa shape index (κ1) is 17.6. The smallest absolute Gasteiger partial charge is 0.316 e. The van der Waals surface area contributed by atoms with Gasteiger partial charge in [-0.15, -0.1) is 11.3 Å². The number of hydrogen-bond donors (Lipinski definition) is 1. The summed E-state index contributed by atoms with van der Waals surface area (Å²) in [5.74, 6) is 0.309. The van der Waals surface area contributed by atoms with Gasteiger partial charge in [0.1, 0.15) is 16.2 Å². The zero-order valence-electron chi connectivity index (χ0n) is 13.8. The van der Waals surface area contributed by atoms with Crippen LogP contribution in [0.4, 0.5) is 5.69 Å². The Labute approximate surface area is 161 Å². The molecular weight excluding hydrogens is 390 g/mol. The predicted octanol–water partition coefficient (Wildman–Crippen LogP) is 2.69. The average molecular weight is 403 g/mol. The van der Waals surface area contributed by atoms with Gasteiger partial charge in [-0.3, -0.25) is 9.59 Å². The number of benzene rings is 1. The first-order chi connectivity index (χ1) is 13.2. The molecule has 0 fully saturated rings. The van der Waals surface area contributed by atoms with E-state index in [0.29, 0.717) is 22.2 Å². The van der Waals surface area contributed by atoms with Gasteiger partial charge in [-0.25, -0.2) is 9.97 Å². The number of fused-ring (bicyclic) bond motifs is 2. The number of aromatic nitrogens is 2. The molecule has 0 atom stereocenters. The standard InChI is InChI=1S/C17H13N3O5S2/c21-14(20-10-1-2-12-13(5-10)25-9-24-12)6-23-15(22)7-27-17-11-3-4-26-16(11)18-8-19-17/h1-5,8H,6-7,9H2,(H,20,21). The van der Waals surface area contributed by atoms with Crippen molar-refractivity contribution in [2.24, 2.45) is 0 Å². The maximum absolute atomic E-state index is 11.9. The minimum atomic E-state index is -0.497. The molecule has 3 aromatic rings. The Balaban J connectivity index is 1.25. The molecule has 1 aromatic carbocycles. The van der Waals surface area contributed by atoms with Crippen LogP contribution in [0.3, 0.4) is 0 Å². The summed E-state index contributed by atoms with van der Waals surface area (Å²) in [4.78, 5) is 33.0. The van der Waals surface area contributed by atoms with Crippen LogP contribution in [0.15, 0.2) is 41.0 Å². The molecule has 4 rings (SSSR count). The van der Waals surface area contributed by atoms with Crippen LogP contribution in [-0.2, 0) is 14.3 Å². The SMILES string of the molecule is O=C(COC(=O)CSc1ncnc2sccc12)Nc1ccc2c(c1)OCO2. The number of carbonyl (C=O) groups is 2. The fourth-order valence-corrected chi connectivity index (χ4v) is 3.95. The monoisotopic (exact) mass is 403 g/mol. The van der Waals surface area contributed by atoms with Crippen molar-refractivity contribution in [3.63, 3.8) is 0 Å². The third-order valence-corrected chi connectivity index (χ3v) is 5.37. The third-order valence-electron chi connectivity index (χ3n) is 3.57. The third kappa shape index (κ3) is 4.12. The molecule has 1 aliphatic rings. The van der Waals surface area contributed by atoms with Crippen LogP contribution >= 0.6 is 23.1 Å². The molecule has 3 heterocycles. The fraction of sp³-hybridized carbons (Fsp3) is 0.176. The predicted molar refractivity (Wildman–Crippen MR) is 100 cm³/mol. The summed E-state index contributed by atoms with van der Waals surface area (Å²) in [7, 11) is 0. The Morgan fingerprint density at radius 2 is 2.11 bits per heavy atom. The molecule has 1 aliphatic heterocycles. The number of anilines is 1. The molecule has 138 valence electrons. The highest BCUT2D eigenvalue weighted by atomic mass is 32.2. The Hall–Kier alpha value is -2.85. The second-order valence-electron chi connectivity index (χ2n) is 5.38. The van der Waals surface area contributed by atoms with E-state index in [1.807, 2.05) is 11.4 Å². The maximum Gasteiger partial charge on any atom is 0.316 e. The summed E-state index contributed by atoms with van der Waals surface area (Å²) >= 11 is 2.76. The second kappa shape index (κ2) is 7.80. The first-order valence-electron chi connectivity index (χ1n) is 7.85. The lowest BCUT2D eigenvalue weighted by Gasteiger charge is -2.07. The highest BCUT2D eigenvalue weighted by Crippen LogP contribution is 2.34. The van der Waals surface area contributed by atoms with E-state index in [-0.39, 0.29) is 19.2 Å². The minimum absolute atomic E-state index is 0.0548. The highest BCUT2D eigenvalue weighted by Gasteiger charge is 2.15. The van der Waals surface area contributed by atoms with E-state index in [0.717, 1.165) is 10.2 Å². The molecular formula is C17H13N3O5S2. The van der Waals surface area contributed by atoms with Crippen LogP contribution in [-0.4, -0.2) is 41.0 Å². The maximum atomic E-state index is 11.9. The van der Waals surface area contributed by atoms with Crippen LogP contribution < -0.4 is 14.8 Å². The van der Waals surface area contributed by atoms with E-state index in [1.54, 1.807) is 18.2 Å². The Morgan fingerprint density at radius 3 is 3.04 bits per heavy atom. The Morgan fingerprint density at radius 1 is 1.22 bits per heavy atom. The lowest BCUT2D eigenvalue weighted by Crippen LogP contribution is -2.21. The van der Waals surface area contributed by atoms with Crippen molar-refractivity contribution in [3.8, 4) is 11.5 Å². The van der Waals surface area contributed by atoms with Crippen molar-refractivity contribution >= 4 is 50.9 Å². The van der Waals surface area contributed by atoms with Crippen molar-refractivity contribution in [2.45, 2.75) is 5.03 Å². The van der Waals surface area contributed by atoms with Crippen LogP contribution in [0.1, 0.15) is 0 Å². The number of nitrogens with one attached hydrogen (secondary N) is 1. The molecule has 27 heavy (non-hydrogen) atoms. The van der Waals surface area contributed by atoms with Crippen molar-refractivity contribution in [2.75, 3.05) is 24.5 Å². The number of esters is 1. The van der Waals surface area contributed by atoms with Crippen LogP contribution in [0, 0.1) is 0 Å². The van der Waals surface area contributed by atoms with Gasteiger partial charge in [0.15, 0.2) is 18.1 Å². The molecule has 0 saturated carbocycles. The largest absolute Gasteiger partial charge is 0.455 e. The molecule has 0 spiro atoms. The molecule has 0 aliphatic carbocycles.